The standard InChI is InChI=1S/C14H24N2O2S2/c1-10(2)15-8-13-7-14(9-19-13)20(17,18)16-11(3)6-12-4-5-12/h7,9-12,15-16H,4-6,8H2,1-3H3. The van der Waals surface area contributed by atoms with Gasteiger partial charge in [-0.3, -0.25) is 0 Å². The summed E-state index contributed by atoms with van der Waals surface area (Å²) >= 11 is 1.49. The van der Waals surface area contributed by atoms with Gasteiger partial charge < -0.3 is 5.32 Å². The second kappa shape index (κ2) is 6.56. The lowest BCUT2D eigenvalue weighted by atomic mass is 10.2. The average molecular weight is 316 g/mol. The van der Waals surface area contributed by atoms with Crippen LogP contribution in [0.5, 0.6) is 0 Å². The van der Waals surface area contributed by atoms with Crippen molar-refractivity contribution in [1.82, 2.24) is 10.0 Å². The molecule has 1 aromatic heterocycles. The normalized spacial score (nSPS) is 17.6. The number of nitrogens with one attached hydrogen (secondary N) is 2. The highest BCUT2D eigenvalue weighted by atomic mass is 32.2. The Morgan fingerprint density at radius 1 is 1.35 bits per heavy atom. The van der Waals surface area contributed by atoms with Gasteiger partial charge in [0, 0.05) is 28.9 Å². The Kier molecular flexibility index (Phi) is 5.23. The number of hydrogen-bond donors (Lipinski definition) is 2. The fourth-order valence-corrected chi connectivity index (χ4v) is 4.62. The first kappa shape index (κ1) is 15.9. The van der Waals surface area contributed by atoms with Gasteiger partial charge in [0.2, 0.25) is 10.0 Å². The predicted molar refractivity (Wildman–Crippen MR) is 83.4 cm³/mol. The summed E-state index contributed by atoms with van der Waals surface area (Å²) < 4.78 is 27.3. The van der Waals surface area contributed by atoms with Crippen LogP contribution in [0.3, 0.4) is 0 Å². The van der Waals surface area contributed by atoms with E-state index in [2.05, 4.69) is 23.9 Å². The van der Waals surface area contributed by atoms with Gasteiger partial charge in [0.05, 0.1) is 4.90 Å². The van der Waals surface area contributed by atoms with Crippen molar-refractivity contribution in [3.05, 3.63) is 16.3 Å². The van der Waals surface area contributed by atoms with E-state index in [1.54, 1.807) is 11.4 Å². The highest BCUT2D eigenvalue weighted by Crippen LogP contribution is 2.33. The number of rotatable bonds is 8. The summed E-state index contributed by atoms with van der Waals surface area (Å²) in [6.07, 6.45) is 3.44. The third-order valence-electron chi connectivity index (χ3n) is 3.36. The molecule has 0 aromatic carbocycles. The van der Waals surface area contributed by atoms with Gasteiger partial charge in [-0.05, 0) is 25.3 Å². The highest BCUT2D eigenvalue weighted by Gasteiger charge is 2.26. The summed E-state index contributed by atoms with van der Waals surface area (Å²) in [6, 6.07) is 2.19. The van der Waals surface area contributed by atoms with Gasteiger partial charge in [0.1, 0.15) is 0 Å². The Morgan fingerprint density at radius 3 is 2.65 bits per heavy atom. The van der Waals surface area contributed by atoms with Crippen molar-refractivity contribution in [3.63, 3.8) is 0 Å². The Labute approximate surface area is 126 Å². The fourth-order valence-electron chi connectivity index (χ4n) is 2.13. The predicted octanol–water partition coefficient (Wildman–Crippen LogP) is 2.71. The zero-order valence-corrected chi connectivity index (χ0v) is 14.0. The van der Waals surface area contributed by atoms with E-state index in [0.717, 1.165) is 23.8 Å². The van der Waals surface area contributed by atoms with Crippen molar-refractivity contribution in [2.45, 2.75) is 63.6 Å². The molecule has 6 heteroatoms. The molecule has 2 rings (SSSR count). The minimum absolute atomic E-state index is 0.0182. The largest absolute Gasteiger partial charge is 0.310 e. The molecule has 1 aromatic rings. The molecule has 1 aliphatic rings. The van der Waals surface area contributed by atoms with Crippen LogP contribution in [-0.4, -0.2) is 20.5 Å². The summed E-state index contributed by atoms with van der Waals surface area (Å²) in [4.78, 5) is 1.44. The fraction of sp³-hybridized carbons (Fsp3) is 0.714. The van der Waals surface area contributed by atoms with Crippen LogP contribution in [0.25, 0.3) is 0 Å². The molecule has 1 atom stereocenters. The molecule has 0 bridgehead atoms. The molecule has 1 fully saturated rings. The van der Waals surface area contributed by atoms with Crippen LogP contribution >= 0.6 is 11.3 Å². The molecule has 0 amide bonds. The van der Waals surface area contributed by atoms with Crippen molar-refractivity contribution in [2.24, 2.45) is 5.92 Å². The quantitative estimate of drug-likeness (QED) is 0.775. The van der Waals surface area contributed by atoms with Crippen molar-refractivity contribution in [1.29, 1.82) is 0 Å². The lowest BCUT2D eigenvalue weighted by molar-refractivity contribution is 0.530. The summed E-state index contributed by atoms with van der Waals surface area (Å²) in [5, 5.41) is 5.02. The Morgan fingerprint density at radius 2 is 2.05 bits per heavy atom. The number of thiophene rings is 1. The maximum absolute atomic E-state index is 12.3. The maximum atomic E-state index is 12.3. The minimum Gasteiger partial charge on any atom is -0.310 e. The molecule has 1 saturated carbocycles. The first-order valence-corrected chi connectivity index (χ1v) is 9.56. The molecule has 1 unspecified atom stereocenters. The van der Waals surface area contributed by atoms with Gasteiger partial charge in [-0.2, -0.15) is 0 Å². The van der Waals surface area contributed by atoms with Gasteiger partial charge in [0.15, 0.2) is 0 Å². The van der Waals surface area contributed by atoms with E-state index in [9.17, 15) is 8.42 Å². The van der Waals surface area contributed by atoms with Gasteiger partial charge in [0.25, 0.3) is 0 Å². The zero-order valence-electron chi connectivity index (χ0n) is 12.3. The van der Waals surface area contributed by atoms with E-state index in [4.69, 9.17) is 0 Å². The average Bonchev–Trinajstić information content (AvgIpc) is 3.00. The summed E-state index contributed by atoms with van der Waals surface area (Å²) in [7, 11) is -3.36. The molecule has 114 valence electrons. The number of hydrogen-bond acceptors (Lipinski definition) is 4. The molecule has 2 N–H and O–H groups in total. The topological polar surface area (TPSA) is 58.2 Å². The van der Waals surface area contributed by atoms with Crippen LogP contribution < -0.4 is 10.0 Å². The molecular formula is C14H24N2O2S2. The first-order valence-electron chi connectivity index (χ1n) is 7.20. The summed E-state index contributed by atoms with van der Waals surface area (Å²) in [5.74, 6) is 0.723. The van der Waals surface area contributed by atoms with Crippen LogP contribution in [0.2, 0.25) is 0 Å². The van der Waals surface area contributed by atoms with Gasteiger partial charge in [-0.15, -0.1) is 11.3 Å². The van der Waals surface area contributed by atoms with Crippen LogP contribution in [0.15, 0.2) is 16.3 Å². The zero-order chi connectivity index (χ0) is 14.8. The third-order valence-corrected chi connectivity index (χ3v) is 6.02. The highest BCUT2D eigenvalue weighted by molar-refractivity contribution is 7.89. The van der Waals surface area contributed by atoms with Crippen molar-refractivity contribution in [3.8, 4) is 0 Å². The Balaban J connectivity index is 1.94. The lowest BCUT2D eigenvalue weighted by Crippen LogP contribution is -2.32. The van der Waals surface area contributed by atoms with Crippen LogP contribution in [0.1, 0.15) is 44.9 Å². The van der Waals surface area contributed by atoms with Crippen LogP contribution in [0, 0.1) is 5.92 Å². The van der Waals surface area contributed by atoms with Gasteiger partial charge >= 0.3 is 0 Å². The summed E-state index contributed by atoms with van der Waals surface area (Å²) in [6.45, 7) is 6.82. The lowest BCUT2D eigenvalue weighted by Gasteiger charge is -2.12. The van der Waals surface area contributed by atoms with Gasteiger partial charge in [-0.1, -0.05) is 26.7 Å². The van der Waals surface area contributed by atoms with Crippen molar-refractivity contribution in [2.75, 3.05) is 0 Å². The molecular weight excluding hydrogens is 292 g/mol. The van der Waals surface area contributed by atoms with Gasteiger partial charge in [-0.25, -0.2) is 13.1 Å². The molecule has 0 radical (unpaired) electrons. The Bertz CT molecular complexity index is 533. The maximum Gasteiger partial charge on any atom is 0.241 e. The molecule has 4 nitrogen and oxygen atoms in total. The molecule has 1 aliphatic carbocycles. The molecule has 0 saturated heterocycles. The van der Waals surface area contributed by atoms with E-state index in [-0.39, 0.29) is 6.04 Å². The monoisotopic (exact) mass is 316 g/mol. The molecule has 0 spiro atoms. The van der Waals surface area contributed by atoms with E-state index < -0.39 is 10.0 Å². The number of sulfonamides is 1. The van der Waals surface area contributed by atoms with E-state index in [1.165, 1.54) is 24.2 Å². The van der Waals surface area contributed by atoms with Crippen LogP contribution in [0.4, 0.5) is 0 Å². The van der Waals surface area contributed by atoms with E-state index >= 15 is 0 Å². The third kappa shape index (κ3) is 4.84. The molecule has 0 aliphatic heterocycles. The second-order valence-corrected chi connectivity index (χ2v) is 8.70. The first-order chi connectivity index (χ1) is 9.37. The Hall–Kier alpha value is -0.430. The van der Waals surface area contributed by atoms with E-state index in [0.29, 0.717) is 10.9 Å². The SMILES string of the molecule is CC(C)NCc1cc(S(=O)(=O)NC(C)CC2CC2)cs1. The van der Waals surface area contributed by atoms with E-state index in [1.807, 2.05) is 6.92 Å². The van der Waals surface area contributed by atoms with Crippen molar-refractivity contribution < 1.29 is 8.42 Å². The smallest absolute Gasteiger partial charge is 0.241 e. The molecule has 1 heterocycles. The summed E-state index contributed by atoms with van der Waals surface area (Å²) in [5.41, 5.74) is 0. The second-order valence-electron chi connectivity index (χ2n) is 5.99. The van der Waals surface area contributed by atoms with Crippen LogP contribution in [-0.2, 0) is 16.6 Å². The van der Waals surface area contributed by atoms with Crippen molar-refractivity contribution >= 4 is 21.4 Å². The minimum atomic E-state index is -3.36. The molecule has 20 heavy (non-hydrogen) atoms.